The number of furan rings is 1. The van der Waals surface area contributed by atoms with Gasteiger partial charge in [-0.1, -0.05) is 0 Å². The molecule has 2 saturated heterocycles. The number of nitro groups is 1. The van der Waals surface area contributed by atoms with Gasteiger partial charge in [-0.3, -0.25) is 10.1 Å². The highest BCUT2D eigenvalue weighted by Crippen LogP contribution is 2.36. The second kappa shape index (κ2) is 4.93. The van der Waals surface area contributed by atoms with Crippen molar-refractivity contribution in [2.24, 2.45) is 0 Å². The molecule has 2 atom stereocenters. The maximum Gasteiger partial charge on any atom is 0.272 e. The van der Waals surface area contributed by atoms with Crippen LogP contribution >= 0.6 is 0 Å². The standard InChI is InChI=1S/C14H15N3O5S/c18-17(19)10-5-9-1-4-22-14(9)12(6-10)16-3-2-15-11-7-23(20,21)8-13(11)16/h1,4-6,11,13,15H,2-3,7-8H2. The quantitative estimate of drug-likeness (QED) is 0.641. The Kier molecular flexibility index (Phi) is 3.10. The fourth-order valence-electron chi connectivity index (χ4n) is 3.53. The Bertz CT molecular complexity index is 891. The summed E-state index contributed by atoms with van der Waals surface area (Å²) in [5.41, 5.74) is 1.12. The Balaban J connectivity index is 1.84. The molecule has 0 bridgehead atoms. The van der Waals surface area contributed by atoms with Gasteiger partial charge in [0.1, 0.15) is 0 Å². The third-order valence-electron chi connectivity index (χ3n) is 4.52. The molecule has 8 nitrogen and oxygen atoms in total. The number of hydrogen-bond acceptors (Lipinski definition) is 7. The second-order valence-electron chi connectivity index (χ2n) is 5.96. The molecule has 2 fully saturated rings. The van der Waals surface area contributed by atoms with Crippen LogP contribution in [0.15, 0.2) is 28.9 Å². The van der Waals surface area contributed by atoms with Crippen LogP contribution in [0.2, 0.25) is 0 Å². The smallest absolute Gasteiger partial charge is 0.272 e. The average Bonchev–Trinajstić information content (AvgIpc) is 3.07. The zero-order valence-corrected chi connectivity index (χ0v) is 13.0. The van der Waals surface area contributed by atoms with Gasteiger partial charge in [0.2, 0.25) is 0 Å². The number of nitro benzene ring substituents is 1. The van der Waals surface area contributed by atoms with Gasteiger partial charge >= 0.3 is 0 Å². The van der Waals surface area contributed by atoms with Gasteiger partial charge in [0.15, 0.2) is 15.4 Å². The minimum Gasteiger partial charge on any atom is -0.462 e. The van der Waals surface area contributed by atoms with Crippen molar-refractivity contribution < 1.29 is 17.8 Å². The predicted octanol–water partition coefficient (Wildman–Crippen LogP) is 0.916. The normalized spacial score (nSPS) is 26.3. The summed E-state index contributed by atoms with van der Waals surface area (Å²) in [5, 5.41) is 15.1. The minimum atomic E-state index is -3.10. The molecule has 0 spiro atoms. The molecule has 1 N–H and O–H groups in total. The molecular formula is C14H15N3O5S. The number of fused-ring (bicyclic) bond motifs is 2. The lowest BCUT2D eigenvalue weighted by Gasteiger charge is -2.38. The number of sulfone groups is 1. The Morgan fingerprint density at radius 1 is 1.35 bits per heavy atom. The highest BCUT2D eigenvalue weighted by molar-refractivity contribution is 7.91. The summed E-state index contributed by atoms with van der Waals surface area (Å²) >= 11 is 0. The first-order chi connectivity index (χ1) is 10.9. The number of nitrogens with zero attached hydrogens (tertiary/aromatic N) is 2. The van der Waals surface area contributed by atoms with Gasteiger partial charge in [0, 0.05) is 36.7 Å². The fraction of sp³-hybridized carbons (Fsp3) is 0.429. The zero-order chi connectivity index (χ0) is 16.2. The number of rotatable bonds is 2. The summed E-state index contributed by atoms with van der Waals surface area (Å²) in [6, 6.07) is 4.23. The maximum absolute atomic E-state index is 12.0. The SMILES string of the molecule is O=[N+]([O-])c1cc(N2CCNC3CS(=O)(=O)CC32)c2occc2c1. The van der Waals surface area contributed by atoms with Crippen molar-refractivity contribution in [3.63, 3.8) is 0 Å². The molecule has 4 rings (SSSR count). The molecule has 2 aliphatic rings. The van der Waals surface area contributed by atoms with Crippen molar-refractivity contribution in [3.05, 3.63) is 34.6 Å². The largest absolute Gasteiger partial charge is 0.462 e. The molecule has 9 heteroatoms. The molecule has 2 aliphatic heterocycles. The van der Waals surface area contributed by atoms with E-state index in [1.807, 2.05) is 4.90 Å². The van der Waals surface area contributed by atoms with Gasteiger partial charge in [-0.15, -0.1) is 0 Å². The van der Waals surface area contributed by atoms with Crippen LogP contribution in [-0.2, 0) is 9.84 Å². The fourth-order valence-corrected chi connectivity index (χ4v) is 5.49. The van der Waals surface area contributed by atoms with E-state index in [1.54, 1.807) is 6.07 Å². The Labute approximate surface area is 132 Å². The van der Waals surface area contributed by atoms with Gasteiger partial charge in [-0.25, -0.2) is 8.42 Å². The highest BCUT2D eigenvalue weighted by atomic mass is 32.2. The van der Waals surface area contributed by atoms with Gasteiger partial charge in [0.05, 0.1) is 34.4 Å². The topological polar surface area (TPSA) is 106 Å². The van der Waals surface area contributed by atoms with Crippen LogP contribution < -0.4 is 10.2 Å². The number of anilines is 1. The predicted molar refractivity (Wildman–Crippen MR) is 84.4 cm³/mol. The van der Waals surface area contributed by atoms with E-state index in [-0.39, 0.29) is 29.3 Å². The van der Waals surface area contributed by atoms with Crippen LogP contribution in [0.3, 0.4) is 0 Å². The third kappa shape index (κ3) is 2.36. The molecule has 122 valence electrons. The molecule has 0 amide bonds. The van der Waals surface area contributed by atoms with E-state index in [0.29, 0.717) is 29.7 Å². The Hall–Kier alpha value is -2.13. The van der Waals surface area contributed by atoms with Crippen molar-refractivity contribution >= 4 is 32.2 Å². The number of piperazine rings is 1. The lowest BCUT2D eigenvalue weighted by molar-refractivity contribution is -0.384. The van der Waals surface area contributed by atoms with Gasteiger partial charge in [-0.05, 0) is 6.07 Å². The van der Waals surface area contributed by atoms with Crippen LogP contribution in [0.1, 0.15) is 0 Å². The molecule has 0 saturated carbocycles. The van der Waals surface area contributed by atoms with Gasteiger partial charge in [-0.2, -0.15) is 0 Å². The number of nitrogens with one attached hydrogen (secondary N) is 1. The summed E-state index contributed by atoms with van der Waals surface area (Å²) in [7, 11) is -3.10. The van der Waals surface area contributed by atoms with E-state index in [0.717, 1.165) is 0 Å². The molecule has 2 aromatic rings. The van der Waals surface area contributed by atoms with Crippen LogP contribution in [0.5, 0.6) is 0 Å². The highest BCUT2D eigenvalue weighted by Gasteiger charge is 2.43. The lowest BCUT2D eigenvalue weighted by Crippen LogP contribution is -2.57. The summed E-state index contributed by atoms with van der Waals surface area (Å²) in [6.45, 7) is 1.20. The lowest BCUT2D eigenvalue weighted by atomic mass is 10.0. The summed E-state index contributed by atoms with van der Waals surface area (Å²) in [6.07, 6.45) is 1.49. The molecule has 3 heterocycles. The maximum atomic E-state index is 12.0. The Morgan fingerprint density at radius 2 is 2.17 bits per heavy atom. The summed E-state index contributed by atoms with van der Waals surface area (Å²) in [5.74, 6) is 0.153. The molecule has 23 heavy (non-hydrogen) atoms. The van der Waals surface area contributed by atoms with E-state index in [2.05, 4.69) is 5.32 Å². The van der Waals surface area contributed by atoms with Crippen molar-refractivity contribution in [2.75, 3.05) is 29.5 Å². The van der Waals surface area contributed by atoms with Crippen molar-refractivity contribution in [3.8, 4) is 0 Å². The molecule has 0 aliphatic carbocycles. The van der Waals surface area contributed by atoms with Crippen molar-refractivity contribution in [2.45, 2.75) is 12.1 Å². The minimum absolute atomic E-state index is 0.0233. The van der Waals surface area contributed by atoms with Crippen LogP contribution in [0.4, 0.5) is 11.4 Å². The van der Waals surface area contributed by atoms with E-state index >= 15 is 0 Å². The van der Waals surface area contributed by atoms with Crippen LogP contribution in [0.25, 0.3) is 11.0 Å². The summed E-state index contributed by atoms with van der Waals surface area (Å²) in [4.78, 5) is 12.7. The number of benzene rings is 1. The van der Waals surface area contributed by atoms with Crippen molar-refractivity contribution in [1.29, 1.82) is 0 Å². The van der Waals surface area contributed by atoms with Gasteiger partial charge < -0.3 is 14.6 Å². The molecule has 0 radical (unpaired) electrons. The van der Waals surface area contributed by atoms with E-state index < -0.39 is 14.8 Å². The van der Waals surface area contributed by atoms with E-state index in [4.69, 9.17) is 4.42 Å². The summed E-state index contributed by atoms with van der Waals surface area (Å²) < 4.78 is 29.4. The van der Waals surface area contributed by atoms with Gasteiger partial charge in [0.25, 0.3) is 5.69 Å². The van der Waals surface area contributed by atoms with Crippen LogP contribution in [0, 0.1) is 10.1 Å². The van der Waals surface area contributed by atoms with Crippen molar-refractivity contribution in [1.82, 2.24) is 5.32 Å². The van der Waals surface area contributed by atoms with Crippen LogP contribution in [-0.4, -0.2) is 50.0 Å². The molecule has 2 unspecified atom stereocenters. The zero-order valence-electron chi connectivity index (χ0n) is 12.1. The second-order valence-corrected chi connectivity index (χ2v) is 8.11. The Morgan fingerprint density at radius 3 is 2.96 bits per heavy atom. The number of hydrogen-bond donors (Lipinski definition) is 1. The van der Waals surface area contributed by atoms with E-state index in [9.17, 15) is 18.5 Å². The first kappa shape index (κ1) is 14.5. The first-order valence-corrected chi connectivity index (χ1v) is 9.13. The monoisotopic (exact) mass is 337 g/mol. The first-order valence-electron chi connectivity index (χ1n) is 7.31. The molecular weight excluding hydrogens is 322 g/mol. The third-order valence-corrected chi connectivity index (χ3v) is 6.24. The molecule has 1 aromatic carbocycles. The number of non-ortho nitro benzene ring substituents is 1. The average molecular weight is 337 g/mol. The molecule has 1 aromatic heterocycles. The van der Waals surface area contributed by atoms with E-state index in [1.165, 1.54) is 18.4 Å².